The molecule has 0 bridgehead atoms. The largest absolute Gasteiger partial charge is 0.462 e. The van der Waals surface area contributed by atoms with Crippen LogP contribution in [-0.2, 0) is 16.0 Å². The second-order valence-corrected chi connectivity index (χ2v) is 8.37. The van der Waals surface area contributed by atoms with E-state index in [1.54, 1.807) is 13.8 Å². The summed E-state index contributed by atoms with van der Waals surface area (Å²) in [5.41, 5.74) is 0.323. The summed E-state index contributed by atoms with van der Waals surface area (Å²) >= 11 is 1.17. The quantitative estimate of drug-likeness (QED) is 0.532. The van der Waals surface area contributed by atoms with Crippen LogP contribution in [0.5, 0.6) is 0 Å². The number of nitrogens with zero attached hydrogens (tertiary/aromatic N) is 2. The summed E-state index contributed by atoms with van der Waals surface area (Å²) in [4.78, 5) is 35.2. The minimum atomic E-state index is -0.622. The fourth-order valence-electron chi connectivity index (χ4n) is 3.19. The number of H-pyrrole nitrogens is 1. The first-order chi connectivity index (χ1) is 13.8. The lowest BCUT2D eigenvalue weighted by atomic mass is 10.2. The Bertz CT molecular complexity index is 877. The SMILES string of the molecule is CCOC[C@H](O)CN(Cc1nc2sc(C(=O)OCC)c(C)c2c(=O)[nH]1)CC(C)C. The summed E-state index contributed by atoms with van der Waals surface area (Å²) in [5, 5.41) is 10.6. The lowest BCUT2D eigenvalue weighted by Gasteiger charge is -2.26. The van der Waals surface area contributed by atoms with Crippen molar-refractivity contribution in [2.45, 2.75) is 47.3 Å². The van der Waals surface area contributed by atoms with Gasteiger partial charge in [0.15, 0.2) is 0 Å². The summed E-state index contributed by atoms with van der Waals surface area (Å²) in [6.07, 6.45) is -0.622. The Morgan fingerprint density at radius 2 is 2.00 bits per heavy atom. The lowest BCUT2D eigenvalue weighted by Crippen LogP contribution is -2.37. The minimum absolute atomic E-state index is 0.265. The van der Waals surface area contributed by atoms with Gasteiger partial charge in [0.25, 0.3) is 5.56 Å². The number of carbonyl (C=O) groups excluding carboxylic acids is 1. The molecular formula is C20H31N3O5S. The molecular weight excluding hydrogens is 394 g/mol. The molecule has 0 amide bonds. The molecule has 2 heterocycles. The van der Waals surface area contributed by atoms with Crippen LogP contribution in [-0.4, -0.2) is 65.0 Å². The van der Waals surface area contributed by atoms with Gasteiger partial charge < -0.3 is 19.6 Å². The normalized spacial score (nSPS) is 12.8. The van der Waals surface area contributed by atoms with Gasteiger partial charge in [-0.25, -0.2) is 9.78 Å². The van der Waals surface area contributed by atoms with E-state index in [1.807, 2.05) is 11.8 Å². The fraction of sp³-hybridized carbons (Fsp3) is 0.650. The van der Waals surface area contributed by atoms with Crippen LogP contribution < -0.4 is 5.56 Å². The molecule has 9 heteroatoms. The summed E-state index contributed by atoms with van der Waals surface area (Å²) in [6, 6.07) is 0. The highest BCUT2D eigenvalue weighted by Gasteiger charge is 2.21. The maximum Gasteiger partial charge on any atom is 0.348 e. The Kier molecular flexibility index (Phi) is 8.76. The zero-order valence-corrected chi connectivity index (χ0v) is 18.6. The van der Waals surface area contributed by atoms with Crippen LogP contribution >= 0.6 is 11.3 Å². The van der Waals surface area contributed by atoms with E-state index in [2.05, 4.69) is 23.8 Å². The number of aromatic amines is 1. The van der Waals surface area contributed by atoms with Crippen LogP contribution in [0.2, 0.25) is 0 Å². The number of rotatable bonds is 11. The van der Waals surface area contributed by atoms with Crippen LogP contribution in [0.4, 0.5) is 0 Å². The Balaban J connectivity index is 2.28. The Morgan fingerprint density at radius 1 is 1.28 bits per heavy atom. The first kappa shape index (κ1) is 23.5. The number of esters is 1. The molecule has 0 aliphatic carbocycles. The first-order valence-corrected chi connectivity index (χ1v) is 10.8. The van der Waals surface area contributed by atoms with E-state index in [0.717, 1.165) is 6.54 Å². The zero-order valence-electron chi connectivity index (χ0n) is 17.8. The van der Waals surface area contributed by atoms with Gasteiger partial charge in [-0.3, -0.25) is 9.69 Å². The van der Waals surface area contributed by atoms with Crippen molar-refractivity contribution >= 4 is 27.5 Å². The summed E-state index contributed by atoms with van der Waals surface area (Å²) in [5.74, 6) is 0.446. The molecule has 1 atom stereocenters. The molecule has 29 heavy (non-hydrogen) atoms. The monoisotopic (exact) mass is 425 g/mol. The Hall–Kier alpha value is -1.81. The molecule has 0 radical (unpaired) electrons. The average Bonchev–Trinajstić information content (AvgIpc) is 2.96. The second-order valence-electron chi connectivity index (χ2n) is 7.37. The molecule has 0 aliphatic rings. The molecule has 162 valence electrons. The number of fused-ring (bicyclic) bond motifs is 1. The van der Waals surface area contributed by atoms with E-state index in [9.17, 15) is 14.7 Å². The highest BCUT2D eigenvalue weighted by atomic mass is 32.1. The van der Waals surface area contributed by atoms with E-state index in [0.29, 0.717) is 52.1 Å². The Morgan fingerprint density at radius 3 is 2.62 bits per heavy atom. The van der Waals surface area contributed by atoms with Crippen LogP contribution in [0, 0.1) is 12.8 Å². The third-order valence-electron chi connectivity index (χ3n) is 4.29. The number of aliphatic hydroxyl groups excluding tert-OH is 1. The van der Waals surface area contributed by atoms with Gasteiger partial charge in [-0.1, -0.05) is 13.8 Å². The highest BCUT2D eigenvalue weighted by molar-refractivity contribution is 7.20. The maximum atomic E-state index is 12.7. The smallest absolute Gasteiger partial charge is 0.348 e. The van der Waals surface area contributed by atoms with E-state index in [4.69, 9.17) is 9.47 Å². The van der Waals surface area contributed by atoms with Crippen molar-refractivity contribution in [3.05, 3.63) is 26.6 Å². The fourth-order valence-corrected chi connectivity index (χ4v) is 4.29. The molecule has 2 aromatic rings. The number of ether oxygens (including phenoxy) is 2. The molecule has 0 saturated carbocycles. The van der Waals surface area contributed by atoms with Gasteiger partial charge in [0.05, 0.1) is 31.2 Å². The number of aryl methyl sites for hydroxylation is 1. The topological polar surface area (TPSA) is 105 Å². The number of aromatic nitrogens is 2. The molecule has 2 N–H and O–H groups in total. The van der Waals surface area contributed by atoms with Crippen molar-refractivity contribution in [2.24, 2.45) is 5.92 Å². The van der Waals surface area contributed by atoms with Crippen molar-refractivity contribution < 1.29 is 19.4 Å². The van der Waals surface area contributed by atoms with E-state index >= 15 is 0 Å². The zero-order chi connectivity index (χ0) is 21.6. The van der Waals surface area contributed by atoms with Crippen LogP contribution in [0.15, 0.2) is 4.79 Å². The molecule has 8 nitrogen and oxygen atoms in total. The van der Waals surface area contributed by atoms with Crippen molar-refractivity contribution in [3.63, 3.8) is 0 Å². The number of carbonyl (C=O) groups is 1. The summed E-state index contributed by atoms with van der Waals surface area (Å²) < 4.78 is 10.4. The van der Waals surface area contributed by atoms with E-state index in [-0.39, 0.29) is 18.8 Å². The first-order valence-electron chi connectivity index (χ1n) is 9.94. The standard InChI is InChI=1S/C20H31N3O5S/c1-6-27-11-14(24)9-23(8-12(3)4)10-15-21-18(25)16-13(5)17(20(26)28-7-2)29-19(16)22-15/h12,14,24H,6-11H2,1-5H3,(H,21,22,25)/t14-/m1/s1. The van der Waals surface area contributed by atoms with Gasteiger partial charge in [-0.15, -0.1) is 11.3 Å². The van der Waals surface area contributed by atoms with Crippen molar-refractivity contribution in [2.75, 3.05) is 32.9 Å². The van der Waals surface area contributed by atoms with Crippen LogP contribution in [0.1, 0.15) is 48.8 Å². The predicted octanol–water partition coefficient (Wildman–Crippen LogP) is 2.33. The lowest BCUT2D eigenvalue weighted by molar-refractivity contribution is 0.0170. The number of hydrogen-bond acceptors (Lipinski definition) is 8. The minimum Gasteiger partial charge on any atom is -0.462 e. The predicted molar refractivity (Wildman–Crippen MR) is 114 cm³/mol. The van der Waals surface area contributed by atoms with Gasteiger partial charge >= 0.3 is 5.97 Å². The van der Waals surface area contributed by atoms with Crippen molar-refractivity contribution in [1.82, 2.24) is 14.9 Å². The van der Waals surface area contributed by atoms with Crippen LogP contribution in [0.25, 0.3) is 10.2 Å². The third-order valence-corrected chi connectivity index (χ3v) is 5.46. The van der Waals surface area contributed by atoms with E-state index in [1.165, 1.54) is 11.3 Å². The van der Waals surface area contributed by atoms with Gasteiger partial charge in [0.2, 0.25) is 0 Å². The number of nitrogens with one attached hydrogen (secondary N) is 1. The average molecular weight is 426 g/mol. The van der Waals surface area contributed by atoms with E-state index < -0.39 is 12.1 Å². The molecule has 2 aromatic heterocycles. The molecule has 0 spiro atoms. The molecule has 0 aromatic carbocycles. The Labute approximate surface area is 174 Å². The van der Waals surface area contributed by atoms with Crippen molar-refractivity contribution in [1.29, 1.82) is 0 Å². The van der Waals surface area contributed by atoms with Gasteiger partial charge in [0.1, 0.15) is 15.5 Å². The third kappa shape index (κ3) is 6.33. The van der Waals surface area contributed by atoms with Gasteiger partial charge in [-0.2, -0.15) is 0 Å². The number of hydrogen-bond donors (Lipinski definition) is 2. The number of thiophene rings is 1. The maximum absolute atomic E-state index is 12.7. The molecule has 0 fully saturated rings. The summed E-state index contributed by atoms with van der Waals surface area (Å²) in [7, 11) is 0. The molecule has 0 aliphatic heterocycles. The molecule has 2 rings (SSSR count). The summed E-state index contributed by atoms with van der Waals surface area (Å²) in [6.45, 7) is 12.2. The molecule has 0 saturated heterocycles. The number of aliphatic hydroxyl groups is 1. The van der Waals surface area contributed by atoms with Gasteiger partial charge in [-0.05, 0) is 32.3 Å². The highest BCUT2D eigenvalue weighted by Crippen LogP contribution is 2.27. The second kappa shape index (κ2) is 10.8. The van der Waals surface area contributed by atoms with Crippen LogP contribution in [0.3, 0.4) is 0 Å². The van der Waals surface area contributed by atoms with Crippen molar-refractivity contribution in [3.8, 4) is 0 Å². The van der Waals surface area contributed by atoms with Gasteiger partial charge in [0, 0.05) is 19.7 Å². The molecule has 0 unspecified atom stereocenters.